The second-order valence-electron chi connectivity index (χ2n) is 3.93. The zero-order chi connectivity index (χ0) is 12.4. The maximum Gasteiger partial charge on any atom is 0.197 e. The highest BCUT2D eigenvalue weighted by Crippen LogP contribution is 2.24. The molecule has 0 spiro atoms. The zero-order valence-electron chi connectivity index (χ0n) is 9.44. The molecule has 0 radical (unpaired) electrons. The van der Waals surface area contributed by atoms with E-state index in [1.54, 1.807) is 16.9 Å². The summed E-state index contributed by atoms with van der Waals surface area (Å²) < 4.78 is 1.66. The van der Waals surface area contributed by atoms with Gasteiger partial charge in [-0.25, -0.2) is 0 Å². The molecule has 5 nitrogen and oxygen atoms in total. The Labute approximate surface area is 108 Å². The summed E-state index contributed by atoms with van der Waals surface area (Å²) in [6.07, 6.45) is 3.98. The molecule has 0 saturated carbocycles. The third kappa shape index (κ3) is 2.04. The van der Waals surface area contributed by atoms with E-state index in [1.165, 1.54) is 0 Å². The number of hydrogen-bond acceptors (Lipinski definition) is 4. The maximum atomic E-state index is 6.40. The molecule has 90 valence electrons. The molecule has 0 bridgehead atoms. The molecule has 2 aromatic heterocycles. The van der Waals surface area contributed by atoms with Crippen LogP contribution in [-0.4, -0.2) is 25.0 Å². The molecule has 3 rings (SSSR count). The summed E-state index contributed by atoms with van der Waals surface area (Å²) in [5.74, 6) is 0. The third-order valence-electron chi connectivity index (χ3n) is 2.73. The van der Waals surface area contributed by atoms with E-state index in [1.807, 2.05) is 30.3 Å². The van der Waals surface area contributed by atoms with Crippen LogP contribution in [-0.2, 0) is 6.42 Å². The van der Waals surface area contributed by atoms with Crippen LogP contribution < -0.4 is 0 Å². The van der Waals surface area contributed by atoms with Crippen LogP contribution >= 0.6 is 11.6 Å². The third-order valence-corrected chi connectivity index (χ3v) is 3.14. The van der Waals surface area contributed by atoms with Crippen LogP contribution in [0.3, 0.4) is 0 Å². The van der Waals surface area contributed by atoms with Crippen molar-refractivity contribution in [1.82, 2.24) is 25.0 Å². The Balaban J connectivity index is 1.91. The number of rotatable bonds is 3. The molecule has 0 aliphatic rings. The molecular formula is C12H10ClN5. The van der Waals surface area contributed by atoms with Crippen LogP contribution in [0, 0.1) is 0 Å². The van der Waals surface area contributed by atoms with Crippen LogP contribution in [0.5, 0.6) is 0 Å². The van der Waals surface area contributed by atoms with Crippen LogP contribution in [0.2, 0.25) is 0 Å². The number of halogens is 1. The lowest BCUT2D eigenvalue weighted by molar-refractivity contribution is 0.750. The van der Waals surface area contributed by atoms with Gasteiger partial charge in [-0.3, -0.25) is 4.98 Å². The first-order valence-corrected chi connectivity index (χ1v) is 5.98. The van der Waals surface area contributed by atoms with Gasteiger partial charge in [-0.15, -0.1) is 16.7 Å². The van der Waals surface area contributed by atoms with Crippen molar-refractivity contribution in [1.29, 1.82) is 0 Å². The number of fused-ring (bicyclic) bond motifs is 1. The van der Waals surface area contributed by atoms with E-state index in [4.69, 9.17) is 11.6 Å². The quantitative estimate of drug-likeness (QED) is 0.676. The summed E-state index contributed by atoms with van der Waals surface area (Å²) in [6, 6.07) is 9.92. The van der Waals surface area contributed by atoms with Crippen molar-refractivity contribution in [3.05, 3.63) is 54.0 Å². The standard InChI is InChI=1S/C12H10ClN5/c13-11(9-4-2-1-3-5-9)6-10-7-14-8-12-15-16-17-18(10)12/h1-5,7-8,11H,6H2. The zero-order valence-corrected chi connectivity index (χ0v) is 10.2. The highest BCUT2D eigenvalue weighted by Gasteiger charge is 2.12. The van der Waals surface area contributed by atoms with Gasteiger partial charge in [0, 0.05) is 12.6 Å². The van der Waals surface area contributed by atoms with Crippen LogP contribution in [0.1, 0.15) is 16.6 Å². The van der Waals surface area contributed by atoms with E-state index in [9.17, 15) is 0 Å². The van der Waals surface area contributed by atoms with E-state index >= 15 is 0 Å². The molecule has 1 unspecified atom stereocenters. The minimum absolute atomic E-state index is 0.122. The normalized spacial score (nSPS) is 12.7. The predicted octanol–water partition coefficient (Wildman–Crippen LogP) is 2.04. The Morgan fingerprint density at radius 1 is 1.17 bits per heavy atom. The summed E-state index contributed by atoms with van der Waals surface area (Å²) in [5.41, 5.74) is 2.59. The van der Waals surface area contributed by atoms with Crippen molar-refractivity contribution in [3.63, 3.8) is 0 Å². The van der Waals surface area contributed by atoms with Gasteiger partial charge in [0.05, 0.1) is 17.3 Å². The highest BCUT2D eigenvalue weighted by molar-refractivity contribution is 6.20. The van der Waals surface area contributed by atoms with Gasteiger partial charge < -0.3 is 0 Å². The predicted molar refractivity (Wildman–Crippen MR) is 67.3 cm³/mol. The fourth-order valence-corrected chi connectivity index (χ4v) is 2.13. The summed E-state index contributed by atoms with van der Waals surface area (Å²) in [4.78, 5) is 4.11. The summed E-state index contributed by atoms with van der Waals surface area (Å²) >= 11 is 6.40. The number of aromatic nitrogens is 5. The van der Waals surface area contributed by atoms with Crippen molar-refractivity contribution < 1.29 is 0 Å². The second-order valence-corrected chi connectivity index (χ2v) is 4.46. The summed E-state index contributed by atoms with van der Waals surface area (Å²) in [7, 11) is 0. The molecule has 1 atom stereocenters. The minimum atomic E-state index is -0.122. The lowest BCUT2D eigenvalue weighted by Crippen LogP contribution is -2.04. The molecule has 6 heteroatoms. The first-order chi connectivity index (χ1) is 8.84. The van der Waals surface area contributed by atoms with Crippen LogP contribution in [0.4, 0.5) is 0 Å². The molecule has 0 N–H and O–H groups in total. The van der Waals surface area contributed by atoms with Gasteiger partial charge in [0.1, 0.15) is 0 Å². The smallest absolute Gasteiger partial charge is 0.197 e. The topological polar surface area (TPSA) is 56.0 Å². The van der Waals surface area contributed by atoms with Crippen molar-refractivity contribution >= 4 is 17.2 Å². The summed E-state index contributed by atoms with van der Waals surface area (Å²) in [6.45, 7) is 0. The molecule has 1 aromatic carbocycles. The average molecular weight is 260 g/mol. The first-order valence-electron chi connectivity index (χ1n) is 5.54. The van der Waals surface area contributed by atoms with E-state index in [0.29, 0.717) is 12.1 Å². The van der Waals surface area contributed by atoms with Gasteiger partial charge in [-0.05, 0) is 16.0 Å². The summed E-state index contributed by atoms with van der Waals surface area (Å²) in [5, 5.41) is 11.3. The molecule has 0 aliphatic carbocycles. The maximum absolute atomic E-state index is 6.40. The fourth-order valence-electron chi connectivity index (χ4n) is 1.83. The lowest BCUT2D eigenvalue weighted by atomic mass is 10.1. The molecule has 0 fully saturated rings. The molecular weight excluding hydrogens is 250 g/mol. The Morgan fingerprint density at radius 2 is 2.00 bits per heavy atom. The van der Waals surface area contributed by atoms with Gasteiger partial charge in [-0.2, -0.15) is 4.52 Å². The van der Waals surface area contributed by atoms with Gasteiger partial charge in [-0.1, -0.05) is 30.3 Å². The largest absolute Gasteiger partial charge is 0.259 e. The monoisotopic (exact) mass is 259 g/mol. The second kappa shape index (κ2) is 4.70. The van der Waals surface area contributed by atoms with E-state index in [-0.39, 0.29) is 5.38 Å². The molecule has 18 heavy (non-hydrogen) atoms. The Morgan fingerprint density at radius 3 is 2.83 bits per heavy atom. The number of benzene rings is 1. The van der Waals surface area contributed by atoms with Crippen molar-refractivity contribution in [2.24, 2.45) is 0 Å². The Bertz CT molecular complexity index is 652. The van der Waals surface area contributed by atoms with Crippen LogP contribution in [0.25, 0.3) is 5.65 Å². The molecule has 0 aliphatic heterocycles. The molecule has 3 aromatic rings. The van der Waals surface area contributed by atoms with Crippen molar-refractivity contribution in [3.8, 4) is 0 Å². The SMILES string of the molecule is ClC(Cc1cncc2nnnn12)c1ccccc1. The van der Waals surface area contributed by atoms with Crippen molar-refractivity contribution in [2.45, 2.75) is 11.8 Å². The van der Waals surface area contributed by atoms with Gasteiger partial charge in [0.2, 0.25) is 0 Å². The van der Waals surface area contributed by atoms with Gasteiger partial charge >= 0.3 is 0 Å². The van der Waals surface area contributed by atoms with Crippen molar-refractivity contribution in [2.75, 3.05) is 0 Å². The Hall–Kier alpha value is -2.01. The van der Waals surface area contributed by atoms with E-state index < -0.39 is 0 Å². The number of alkyl halides is 1. The molecule has 0 amide bonds. The fraction of sp³-hybridized carbons (Fsp3) is 0.167. The number of nitrogens with zero attached hydrogens (tertiary/aromatic N) is 5. The highest BCUT2D eigenvalue weighted by atomic mass is 35.5. The van der Waals surface area contributed by atoms with Gasteiger partial charge in [0.15, 0.2) is 5.65 Å². The average Bonchev–Trinajstić information content (AvgIpc) is 2.89. The molecule has 2 heterocycles. The minimum Gasteiger partial charge on any atom is -0.259 e. The first kappa shape index (κ1) is 11.1. The Kier molecular flexibility index (Phi) is 2.90. The lowest BCUT2D eigenvalue weighted by Gasteiger charge is -2.09. The number of hydrogen-bond donors (Lipinski definition) is 0. The number of tetrazole rings is 1. The van der Waals surface area contributed by atoms with E-state index in [2.05, 4.69) is 20.5 Å². The van der Waals surface area contributed by atoms with Gasteiger partial charge in [0.25, 0.3) is 0 Å². The van der Waals surface area contributed by atoms with Crippen LogP contribution in [0.15, 0.2) is 42.7 Å². The van der Waals surface area contributed by atoms with E-state index in [0.717, 1.165) is 11.3 Å². The molecule has 0 saturated heterocycles.